The second kappa shape index (κ2) is 2.35. The molecule has 0 aliphatic heterocycles. The van der Waals surface area contributed by atoms with Crippen LogP contribution < -0.4 is 0 Å². The highest BCUT2D eigenvalue weighted by molar-refractivity contribution is 5.26. The number of hydrogen-bond donors (Lipinski definition) is 1. The summed E-state index contributed by atoms with van der Waals surface area (Å²) in [5, 5.41) is 9.51. The molecule has 3 rings (SSSR count). The quantitative estimate of drug-likeness (QED) is 0.544. The van der Waals surface area contributed by atoms with Crippen molar-refractivity contribution >= 4 is 0 Å². The Labute approximate surface area is 73.5 Å². The van der Waals surface area contributed by atoms with E-state index >= 15 is 0 Å². The zero-order chi connectivity index (χ0) is 8.13. The molecular formula is C11H16O. The number of rotatable bonds is 0. The van der Waals surface area contributed by atoms with Crippen molar-refractivity contribution in [3.8, 4) is 0 Å². The van der Waals surface area contributed by atoms with Crippen LogP contribution in [-0.2, 0) is 0 Å². The number of hydrogen-bond acceptors (Lipinski definition) is 1. The lowest BCUT2D eigenvalue weighted by Crippen LogP contribution is -2.12. The first-order chi connectivity index (χ1) is 5.84. The minimum absolute atomic E-state index is 0.103. The molecular weight excluding hydrogens is 148 g/mol. The van der Waals surface area contributed by atoms with Crippen LogP contribution in [0.4, 0.5) is 0 Å². The fourth-order valence-electron chi connectivity index (χ4n) is 3.61. The molecule has 1 nitrogen and oxygen atoms in total. The van der Waals surface area contributed by atoms with Crippen LogP contribution in [0.15, 0.2) is 11.6 Å². The molecule has 2 saturated carbocycles. The molecule has 0 radical (unpaired) electrons. The van der Waals surface area contributed by atoms with Gasteiger partial charge in [-0.3, -0.25) is 0 Å². The lowest BCUT2D eigenvalue weighted by Gasteiger charge is -2.20. The van der Waals surface area contributed by atoms with Gasteiger partial charge in [-0.1, -0.05) is 18.1 Å². The second-order valence-electron chi connectivity index (χ2n) is 4.70. The average molecular weight is 164 g/mol. The van der Waals surface area contributed by atoms with E-state index < -0.39 is 0 Å². The summed E-state index contributed by atoms with van der Waals surface area (Å²) in [5.41, 5.74) is 1.63. The minimum atomic E-state index is -0.103. The summed E-state index contributed by atoms with van der Waals surface area (Å²) in [4.78, 5) is 0. The van der Waals surface area contributed by atoms with E-state index in [4.69, 9.17) is 0 Å². The van der Waals surface area contributed by atoms with Gasteiger partial charge in [0.05, 0.1) is 6.10 Å². The molecule has 3 aliphatic rings. The third-order valence-corrected chi connectivity index (χ3v) is 4.06. The maximum absolute atomic E-state index is 9.51. The van der Waals surface area contributed by atoms with Crippen molar-refractivity contribution in [1.29, 1.82) is 0 Å². The molecule has 0 amide bonds. The molecule has 4 atom stereocenters. The van der Waals surface area contributed by atoms with E-state index in [-0.39, 0.29) is 6.10 Å². The zero-order valence-corrected chi connectivity index (χ0v) is 7.37. The smallest absolute Gasteiger partial charge is 0.0729 e. The van der Waals surface area contributed by atoms with Crippen LogP contribution in [0.2, 0.25) is 0 Å². The van der Waals surface area contributed by atoms with Crippen molar-refractivity contribution in [1.82, 2.24) is 0 Å². The van der Waals surface area contributed by atoms with Gasteiger partial charge in [-0.25, -0.2) is 0 Å². The van der Waals surface area contributed by atoms with Crippen LogP contribution in [0, 0.1) is 17.8 Å². The lowest BCUT2D eigenvalue weighted by molar-refractivity contribution is 0.190. The van der Waals surface area contributed by atoms with Gasteiger partial charge in [0.2, 0.25) is 0 Å². The van der Waals surface area contributed by atoms with Gasteiger partial charge in [-0.2, -0.15) is 0 Å². The fraction of sp³-hybridized carbons (Fsp3) is 0.818. The molecule has 0 spiro atoms. The molecule has 0 aromatic rings. The van der Waals surface area contributed by atoms with E-state index in [2.05, 4.69) is 6.08 Å². The van der Waals surface area contributed by atoms with Gasteiger partial charge in [0.25, 0.3) is 0 Å². The Balaban J connectivity index is 1.95. The van der Waals surface area contributed by atoms with Crippen LogP contribution in [0.5, 0.6) is 0 Å². The molecule has 0 unspecified atom stereocenters. The Kier molecular flexibility index (Phi) is 1.40. The summed E-state index contributed by atoms with van der Waals surface area (Å²) in [6.07, 6.45) is 8.77. The Hall–Kier alpha value is -0.300. The monoisotopic (exact) mass is 164 g/mol. The van der Waals surface area contributed by atoms with Crippen LogP contribution >= 0.6 is 0 Å². The van der Waals surface area contributed by atoms with Gasteiger partial charge in [0.15, 0.2) is 0 Å². The topological polar surface area (TPSA) is 20.2 Å². The van der Waals surface area contributed by atoms with Crippen molar-refractivity contribution < 1.29 is 5.11 Å². The highest BCUT2D eigenvalue weighted by atomic mass is 16.3. The van der Waals surface area contributed by atoms with Gasteiger partial charge in [0, 0.05) is 0 Å². The molecule has 12 heavy (non-hydrogen) atoms. The highest BCUT2D eigenvalue weighted by Crippen LogP contribution is 2.53. The third kappa shape index (κ3) is 0.832. The number of fused-ring (bicyclic) bond motifs is 5. The highest BCUT2D eigenvalue weighted by Gasteiger charge is 2.44. The van der Waals surface area contributed by atoms with Gasteiger partial charge < -0.3 is 5.11 Å². The van der Waals surface area contributed by atoms with Crippen molar-refractivity contribution in [2.75, 3.05) is 0 Å². The molecule has 0 heterocycles. The summed E-state index contributed by atoms with van der Waals surface area (Å²) in [7, 11) is 0. The van der Waals surface area contributed by atoms with Gasteiger partial charge in [-0.05, 0) is 43.4 Å². The standard InChI is InChI=1S/C11H16O/c12-9-5-10-7-2-1-3-8(4-7)11(10)6-9/h5,7-9,11-12H,1-4,6H2/t7-,8-,9-,11-/m0/s1. The third-order valence-electron chi connectivity index (χ3n) is 4.06. The van der Waals surface area contributed by atoms with E-state index in [1.165, 1.54) is 25.7 Å². The number of aliphatic hydroxyl groups is 1. The summed E-state index contributed by atoms with van der Waals surface area (Å²) < 4.78 is 0. The largest absolute Gasteiger partial charge is 0.389 e. The maximum atomic E-state index is 9.51. The molecule has 66 valence electrons. The molecule has 3 aliphatic carbocycles. The van der Waals surface area contributed by atoms with Crippen molar-refractivity contribution in [3.63, 3.8) is 0 Å². The Morgan fingerprint density at radius 1 is 1.25 bits per heavy atom. The van der Waals surface area contributed by atoms with Crippen molar-refractivity contribution in [3.05, 3.63) is 11.6 Å². The van der Waals surface area contributed by atoms with E-state index in [1.807, 2.05) is 0 Å². The Morgan fingerprint density at radius 2 is 2.17 bits per heavy atom. The minimum Gasteiger partial charge on any atom is -0.389 e. The lowest BCUT2D eigenvalue weighted by atomic mass is 9.85. The molecule has 0 aromatic carbocycles. The first kappa shape index (κ1) is 7.14. The molecule has 1 heteroatoms. The van der Waals surface area contributed by atoms with Crippen LogP contribution in [0.25, 0.3) is 0 Å². The number of allylic oxidation sites excluding steroid dienone is 1. The fourth-order valence-corrected chi connectivity index (χ4v) is 3.61. The summed E-state index contributed by atoms with van der Waals surface area (Å²) >= 11 is 0. The molecule has 0 aromatic heterocycles. The maximum Gasteiger partial charge on any atom is 0.0729 e. The second-order valence-corrected chi connectivity index (χ2v) is 4.70. The zero-order valence-electron chi connectivity index (χ0n) is 7.37. The van der Waals surface area contributed by atoms with Crippen molar-refractivity contribution in [2.45, 2.75) is 38.2 Å². The molecule has 1 N–H and O–H groups in total. The van der Waals surface area contributed by atoms with Crippen molar-refractivity contribution in [2.24, 2.45) is 17.8 Å². The summed E-state index contributed by atoms with van der Waals surface area (Å²) in [6, 6.07) is 0. The predicted octanol–water partition coefficient (Wildman–Crippen LogP) is 2.11. The van der Waals surface area contributed by atoms with Crippen LogP contribution in [0.3, 0.4) is 0 Å². The Morgan fingerprint density at radius 3 is 3.08 bits per heavy atom. The van der Waals surface area contributed by atoms with Gasteiger partial charge >= 0.3 is 0 Å². The first-order valence-corrected chi connectivity index (χ1v) is 5.24. The van der Waals surface area contributed by atoms with E-state index in [0.717, 1.165) is 24.2 Å². The predicted molar refractivity (Wildman–Crippen MR) is 47.6 cm³/mol. The van der Waals surface area contributed by atoms with Gasteiger partial charge in [-0.15, -0.1) is 0 Å². The Bertz CT molecular complexity index is 231. The first-order valence-electron chi connectivity index (χ1n) is 5.24. The van der Waals surface area contributed by atoms with Crippen LogP contribution in [0.1, 0.15) is 32.1 Å². The molecule has 2 fully saturated rings. The van der Waals surface area contributed by atoms with E-state index in [9.17, 15) is 5.11 Å². The van der Waals surface area contributed by atoms with E-state index in [0.29, 0.717) is 0 Å². The van der Waals surface area contributed by atoms with E-state index in [1.54, 1.807) is 5.57 Å². The van der Waals surface area contributed by atoms with Crippen LogP contribution in [-0.4, -0.2) is 11.2 Å². The molecule has 2 bridgehead atoms. The number of aliphatic hydroxyl groups excluding tert-OH is 1. The summed E-state index contributed by atoms with van der Waals surface area (Å²) in [5.74, 6) is 2.59. The molecule has 0 saturated heterocycles. The summed E-state index contributed by atoms with van der Waals surface area (Å²) in [6.45, 7) is 0. The normalized spacial score (nSPS) is 50.6. The SMILES string of the molecule is O[C@H]1C=C2[C@H]3CCC[C@@H](C3)[C@@H]2C1. The average Bonchev–Trinajstić information content (AvgIpc) is 2.55. The van der Waals surface area contributed by atoms with Gasteiger partial charge in [0.1, 0.15) is 0 Å².